The average Bonchev–Trinajstić information content (AvgIpc) is 3.52. The van der Waals surface area contributed by atoms with Gasteiger partial charge in [-0.3, -0.25) is 0 Å². The smallest absolute Gasteiger partial charge is 0.101 e. The lowest BCUT2D eigenvalue weighted by molar-refractivity contribution is 0.932. The van der Waals surface area contributed by atoms with Crippen molar-refractivity contribution in [2.24, 2.45) is 5.92 Å². The average molecular weight is 661 g/mol. The summed E-state index contributed by atoms with van der Waals surface area (Å²) in [4.78, 5) is 0. The first-order valence-corrected chi connectivity index (χ1v) is 16.6. The van der Waals surface area contributed by atoms with E-state index in [1.807, 2.05) is 36.4 Å². The van der Waals surface area contributed by atoms with Gasteiger partial charge in [0.15, 0.2) is 0 Å². The van der Waals surface area contributed by atoms with Crippen LogP contribution in [-0.4, -0.2) is 0 Å². The molecule has 6 heteroatoms. The molecule has 1 atom stereocenters. The van der Waals surface area contributed by atoms with E-state index in [0.717, 1.165) is 56.8 Å². The van der Waals surface area contributed by atoms with Gasteiger partial charge in [0.25, 0.3) is 0 Å². The van der Waals surface area contributed by atoms with Gasteiger partial charge in [0.1, 0.15) is 12.1 Å². The Labute approximate surface area is 300 Å². The molecule has 2 aliphatic rings. The number of nitrogens with one attached hydrogen (secondary N) is 2. The van der Waals surface area contributed by atoms with E-state index in [1.54, 1.807) is 43.4 Å². The van der Waals surface area contributed by atoms with Crippen LogP contribution in [0.2, 0.25) is 0 Å². The summed E-state index contributed by atoms with van der Waals surface area (Å²) >= 11 is 0. The number of allylic oxidation sites excluding steroid dienone is 14. The van der Waals surface area contributed by atoms with Crippen LogP contribution in [0, 0.1) is 58.2 Å². The normalized spacial score (nSPS) is 15.0. The van der Waals surface area contributed by atoms with E-state index < -0.39 is 5.92 Å². The minimum Gasteiger partial charge on any atom is -0.357 e. The first-order valence-electron chi connectivity index (χ1n) is 16.6. The Morgan fingerprint density at radius 1 is 0.863 bits per heavy atom. The minimum atomic E-state index is -0.562. The van der Waals surface area contributed by atoms with Gasteiger partial charge in [0, 0.05) is 40.2 Å². The second-order valence-corrected chi connectivity index (χ2v) is 11.9. The van der Waals surface area contributed by atoms with E-state index in [2.05, 4.69) is 103 Å². The maximum Gasteiger partial charge on any atom is 0.101 e. The Bertz CT molecular complexity index is 2290. The van der Waals surface area contributed by atoms with E-state index in [1.165, 1.54) is 0 Å². The summed E-state index contributed by atoms with van der Waals surface area (Å²) in [6, 6.07) is 31.6. The maximum absolute atomic E-state index is 9.90. The highest BCUT2D eigenvalue weighted by Crippen LogP contribution is 2.35. The molecule has 1 unspecified atom stereocenters. The Morgan fingerprint density at radius 2 is 1.65 bits per heavy atom. The van der Waals surface area contributed by atoms with Gasteiger partial charge < -0.3 is 10.6 Å². The van der Waals surface area contributed by atoms with Crippen molar-refractivity contribution >= 4 is 11.3 Å². The minimum absolute atomic E-state index is 0.333. The molecule has 0 amide bonds. The molecule has 0 saturated heterocycles. The molecule has 51 heavy (non-hydrogen) atoms. The Balaban J connectivity index is 1.56. The van der Waals surface area contributed by atoms with Gasteiger partial charge in [0.05, 0.1) is 34.9 Å². The molecule has 0 radical (unpaired) electrons. The fourth-order valence-corrected chi connectivity index (χ4v) is 5.90. The van der Waals surface area contributed by atoms with Gasteiger partial charge in [-0.2, -0.15) is 21.0 Å². The molecule has 0 aliphatic heterocycles. The third-order valence-corrected chi connectivity index (χ3v) is 8.61. The number of nitriles is 4. The van der Waals surface area contributed by atoms with Crippen LogP contribution in [0.4, 0.5) is 5.69 Å². The van der Waals surface area contributed by atoms with E-state index >= 15 is 0 Å². The zero-order valence-electron chi connectivity index (χ0n) is 28.6. The van der Waals surface area contributed by atoms with Crippen molar-refractivity contribution in [3.63, 3.8) is 0 Å². The standard InChI is InChI=1S/C45H36N6/c1-4-32(27-46)23-44(34(5-2)29-48)50-42-20-10-9-17-39(42)37-15-12-14-35(25-37)36-22-21-31(3)41(26-36)40-18-7-6-8-19-43(40)51-45-24-33(28-47)13-11-16-38(45)30-49/h4-5,7-23,25-26,32,50-51H,1,6,24H2,2-3H3/b34-5-,44-23?. The zero-order chi connectivity index (χ0) is 36.2. The molecule has 3 aromatic carbocycles. The summed E-state index contributed by atoms with van der Waals surface area (Å²) in [6.07, 6.45) is 19.7. The Kier molecular flexibility index (Phi) is 11.6. The number of benzene rings is 3. The molecule has 3 aromatic rings. The highest BCUT2D eigenvalue weighted by Gasteiger charge is 2.17. The van der Waals surface area contributed by atoms with E-state index in [0.29, 0.717) is 34.5 Å². The number of anilines is 1. The summed E-state index contributed by atoms with van der Waals surface area (Å²) in [7, 11) is 0. The molecule has 0 spiro atoms. The van der Waals surface area contributed by atoms with Gasteiger partial charge in [-0.05, 0) is 90.6 Å². The van der Waals surface area contributed by atoms with Crippen LogP contribution < -0.4 is 10.6 Å². The van der Waals surface area contributed by atoms with Crippen LogP contribution in [-0.2, 0) is 0 Å². The highest BCUT2D eigenvalue weighted by molar-refractivity contribution is 5.86. The number of hydrogen-bond donors (Lipinski definition) is 2. The van der Waals surface area contributed by atoms with Crippen LogP contribution in [0.15, 0.2) is 168 Å². The fraction of sp³-hybridized carbons (Fsp3) is 0.111. The van der Waals surface area contributed by atoms with Gasteiger partial charge in [-0.25, -0.2) is 0 Å². The summed E-state index contributed by atoms with van der Waals surface area (Å²) in [6.45, 7) is 7.64. The molecule has 0 saturated carbocycles. The van der Waals surface area contributed by atoms with Crippen LogP contribution in [0.5, 0.6) is 0 Å². The molecular formula is C45H36N6. The van der Waals surface area contributed by atoms with Crippen molar-refractivity contribution in [3.8, 4) is 46.5 Å². The third kappa shape index (κ3) is 8.31. The number of aryl methyl sites for hydroxylation is 1. The van der Waals surface area contributed by atoms with Crippen molar-refractivity contribution in [1.29, 1.82) is 21.0 Å². The van der Waals surface area contributed by atoms with Crippen molar-refractivity contribution in [2.75, 3.05) is 5.32 Å². The second kappa shape index (κ2) is 16.8. The molecule has 6 nitrogen and oxygen atoms in total. The predicted molar refractivity (Wildman–Crippen MR) is 205 cm³/mol. The van der Waals surface area contributed by atoms with Crippen molar-refractivity contribution < 1.29 is 0 Å². The van der Waals surface area contributed by atoms with Crippen molar-refractivity contribution in [2.45, 2.75) is 26.7 Å². The van der Waals surface area contributed by atoms with Crippen molar-refractivity contribution in [3.05, 3.63) is 179 Å². The number of rotatable bonds is 10. The SMILES string of the molecule is C=CC(C#N)C=C(Nc1ccccc1-c1cccc(-c2ccc(C)c(C3=C(NC4=C(C#N)C=CC=C(C#N)C4)C=CCC=C3)c2)c1)/C(C#N)=C\C. The molecule has 0 heterocycles. The summed E-state index contributed by atoms with van der Waals surface area (Å²) < 4.78 is 0. The lowest BCUT2D eigenvalue weighted by Crippen LogP contribution is -2.15. The Hall–Kier alpha value is -7.12. The zero-order valence-corrected chi connectivity index (χ0v) is 28.6. The molecule has 5 rings (SSSR count). The molecular weight excluding hydrogens is 625 g/mol. The Morgan fingerprint density at radius 3 is 2.39 bits per heavy atom. The largest absolute Gasteiger partial charge is 0.357 e. The molecule has 0 bridgehead atoms. The molecule has 246 valence electrons. The topological polar surface area (TPSA) is 119 Å². The van der Waals surface area contributed by atoms with Crippen LogP contribution >= 0.6 is 0 Å². The van der Waals surface area contributed by atoms with Crippen LogP contribution in [0.25, 0.3) is 27.8 Å². The van der Waals surface area contributed by atoms with Gasteiger partial charge in [-0.15, -0.1) is 6.58 Å². The van der Waals surface area contributed by atoms with E-state index in [4.69, 9.17) is 0 Å². The molecule has 2 aliphatic carbocycles. The van der Waals surface area contributed by atoms with Gasteiger partial charge in [-0.1, -0.05) is 85.0 Å². The van der Waals surface area contributed by atoms with E-state index in [-0.39, 0.29) is 0 Å². The lowest BCUT2D eigenvalue weighted by atomic mass is 9.92. The van der Waals surface area contributed by atoms with Gasteiger partial charge in [0.2, 0.25) is 0 Å². The number of hydrogen-bond acceptors (Lipinski definition) is 6. The molecule has 2 N–H and O–H groups in total. The number of nitrogens with zero attached hydrogens (tertiary/aromatic N) is 4. The first kappa shape index (κ1) is 35.2. The second-order valence-electron chi connectivity index (χ2n) is 11.9. The monoisotopic (exact) mass is 660 g/mol. The van der Waals surface area contributed by atoms with Crippen molar-refractivity contribution in [1.82, 2.24) is 5.32 Å². The molecule has 0 aromatic heterocycles. The number of para-hydroxylation sites is 1. The maximum atomic E-state index is 9.90. The molecule has 0 fully saturated rings. The first-order chi connectivity index (χ1) is 24.9. The van der Waals surface area contributed by atoms with E-state index in [9.17, 15) is 21.0 Å². The highest BCUT2D eigenvalue weighted by atomic mass is 14.9. The van der Waals surface area contributed by atoms with Crippen LogP contribution in [0.1, 0.15) is 30.9 Å². The summed E-state index contributed by atoms with van der Waals surface area (Å²) in [5, 5.41) is 45.9. The lowest BCUT2D eigenvalue weighted by Gasteiger charge is -2.18. The summed E-state index contributed by atoms with van der Waals surface area (Å²) in [5.74, 6) is -0.562. The quantitative estimate of drug-likeness (QED) is 0.127. The third-order valence-electron chi connectivity index (χ3n) is 8.61. The van der Waals surface area contributed by atoms with Gasteiger partial charge >= 0.3 is 0 Å². The fourth-order valence-electron chi connectivity index (χ4n) is 5.90. The summed E-state index contributed by atoms with van der Waals surface area (Å²) in [5.41, 5.74) is 11.5. The predicted octanol–water partition coefficient (Wildman–Crippen LogP) is 10.4. The van der Waals surface area contributed by atoms with Crippen LogP contribution in [0.3, 0.4) is 0 Å².